The molecule has 0 saturated carbocycles. The number of nitrogens with one attached hydrogen (secondary N) is 2. The van der Waals surface area contributed by atoms with E-state index >= 15 is 0 Å². The van der Waals surface area contributed by atoms with Crippen molar-refractivity contribution < 1.29 is 9.18 Å². The minimum Gasteiger partial charge on any atom is -0.273 e. The van der Waals surface area contributed by atoms with Crippen LogP contribution in [0, 0.1) is 19.7 Å². The second kappa shape index (κ2) is 5.73. The molecule has 6 heteroatoms. The number of fused-ring (bicyclic) bond motifs is 1. The molecule has 0 radical (unpaired) electrons. The quantitative estimate of drug-likeness (QED) is 0.723. The lowest BCUT2D eigenvalue weighted by molar-refractivity contribution is 0.0962. The van der Waals surface area contributed by atoms with Crippen molar-refractivity contribution in [1.29, 1.82) is 0 Å². The summed E-state index contributed by atoms with van der Waals surface area (Å²) >= 11 is 1.28. The molecule has 3 rings (SSSR count). The molecule has 112 valence electrons. The molecule has 0 aliphatic carbocycles. The number of hydrogen-bond acceptors (Lipinski definition) is 4. The fourth-order valence-electron chi connectivity index (χ4n) is 2.11. The molecule has 22 heavy (non-hydrogen) atoms. The molecule has 1 heterocycles. The molecule has 4 nitrogen and oxygen atoms in total. The molecular formula is C16H14FN3OS. The molecule has 0 unspecified atom stereocenters. The minimum absolute atomic E-state index is 0.230. The van der Waals surface area contributed by atoms with E-state index in [1.165, 1.54) is 23.5 Å². The van der Waals surface area contributed by atoms with Gasteiger partial charge >= 0.3 is 0 Å². The summed E-state index contributed by atoms with van der Waals surface area (Å²) in [5.74, 6) is -0.534. The first-order valence-corrected chi connectivity index (χ1v) is 7.54. The first-order chi connectivity index (χ1) is 10.5. The SMILES string of the molecule is Cc1ccc(C)c(C(=O)NNc2nc3ccc(F)cc3s2)c1. The van der Waals surface area contributed by atoms with Gasteiger partial charge in [0.1, 0.15) is 5.82 Å². The predicted molar refractivity (Wildman–Crippen MR) is 86.6 cm³/mol. The second-order valence-corrected chi connectivity index (χ2v) is 6.06. The maximum atomic E-state index is 13.2. The summed E-state index contributed by atoms with van der Waals surface area (Å²) < 4.78 is 13.9. The highest BCUT2D eigenvalue weighted by Gasteiger charge is 2.10. The number of amides is 1. The normalized spacial score (nSPS) is 10.7. The van der Waals surface area contributed by atoms with Crippen LogP contribution in [0.2, 0.25) is 0 Å². The number of carbonyl (C=O) groups is 1. The van der Waals surface area contributed by atoms with Gasteiger partial charge in [0, 0.05) is 5.56 Å². The second-order valence-electron chi connectivity index (χ2n) is 5.03. The molecule has 0 bridgehead atoms. The van der Waals surface area contributed by atoms with Gasteiger partial charge in [-0.25, -0.2) is 9.37 Å². The Hall–Kier alpha value is -2.47. The third-order valence-corrected chi connectivity index (χ3v) is 4.20. The number of aromatic nitrogens is 1. The standard InChI is InChI=1S/C16H14FN3OS/c1-9-3-4-10(2)12(7-9)15(21)19-20-16-18-13-6-5-11(17)8-14(13)22-16/h3-8H,1-2H3,(H,18,20)(H,19,21). The third kappa shape index (κ3) is 2.92. The number of aryl methyl sites for hydroxylation is 2. The van der Waals surface area contributed by atoms with Gasteiger partial charge in [-0.05, 0) is 43.7 Å². The van der Waals surface area contributed by atoms with Crippen molar-refractivity contribution in [2.24, 2.45) is 0 Å². The number of halogens is 1. The van der Waals surface area contributed by atoms with E-state index in [0.717, 1.165) is 15.8 Å². The van der Waals surface area contributed by atoms with Crippen molar-refractivity contribution in [3.05, 3.63) is 58.9 Å². The Morgan fingerprint density at radius 1 is 1.18 bits per heavy atom. The molecule has 0 fully saturated rings. The molecule has 2 aromatic carbocycles. The van der Waals surface area contributed by atoms with Gasteiger partial charge < -0.3 is 0 Å². The van der Waals surface area contributed by atoms with Crippen LogP contribution in [0.3, 0.4) is 0 Å². The van der Waals surface area contributed by atoms with Crippen LogP contribution >= 0.6 is 11.3 Å². The summed E-state index contributed by atoms with van der Waals surface area (Å²) in [5, 5.41) is 0.513. The summed E-state index contributed by atoms with van der Waals surface area (Å²) in [4.78, 5) is 16.5. The topological polar surface area (TPSA) is 54.0 Å². The summed E-state index contributed by atoms with van der Waals surface area (Å²) in [6, 6.07) is 10.1. The highest BCUT2D eigenvalue weighted by atomic mass is 32.1. The van der Waals surface area contributed by atoms with Crippen molar-refractivity contribution in [3.63, 3.8) is 0 Å². The van der Waals surface area contributed by atoms with E-state index in [1.807, 2.05) is 32.0 Å². The molecule has 0 aliphatic heterocycles. The number of rotatable bonds is 3. The zero-order chi connectivity index (χ0) is 15.7. The van der Waals surface area contributed by atoms with E-state index < -0.39 is 0 Å². The maximum Gasteiger partial charge on any atom is 0.269 e. The number of carbonyl (C=O) groups excluding carboxylic acids is 1. The molecule has 0 saturated heterocycles. The van der Waals surface area contributed by atoms with Crippen LogP contribution in [0.1, 0.15) is 21.5 Å². The number of nitrogens with zero attached hydrogens (tertiary/aromatic N) is 1. The van der Waals surface area contributed by atoms with E-state index in [1.54, 1.807) is 6.07 Å². The molecule has 0 spiro atoms. The average molecular weight is 315 g/mol. The first kappa shape index (κ1) is 14.5. The molecule has 3 aromatic rings. The lowest BCUT2D eigenvalue weighted by atomic mass is 10.1. The van der Waals surface area contributed by atoms with E-state index in [0.29, 0.717) is 16.2 Å². The van der Waals surface area contributed by atoms with Gasteiger partial charge in [-0.2, -0.15) is 0 Å². The number of hydrazine groups is 1. The highest BCUT2D eigenvalue weighted by molar-refractivity contribution is 7.22. The zero-order valence-corrected chi connectivity index (χ0v) is 12.9. The van der Waals surface area contributed by atoms with E-state index in [2.05, 4.69) is 15.8 Å². The van der Waals surface area contributed by atoms with Gasteiger partial charge in [0.25, 0.3) is 5.91 Å². The van der Waals surface area contributed by atoms with E-state index in [-0.39, 0.29) is 11.7 Å². The Balaban J connectivity index is 1.75. The monoisotopic (exact) mass is 315 g/mol. The fourth-order valence-corrected chi connectivity index (χ4v) is 2.95. The summed E-state index contributed by atoms with van der Waals surface area (Å²) in [6.07, 6.45) is 0. The van der Waals surface area contributed by atoms with Crippen molar-refractivity contribution in [2.75, 3.05) is 5.43 Å². The fraction of sp³-hybridized carbons (Fsp3) is 0.125. The summed E-state index contributed by atoms with van der Waals surface area (Å²) in [5.41, 5.74) is 8.63. The van der Waals surface area contributed by atoms with Crippen LogP contribution in [0.4, 0.5) is 9.52 Å². The Labute approximate surface area is 131 Å². The highest BCUT2D eigenvalue weighted by Crippen LogP contribution is 2.25. The summed E-state index contributed by atoms with van der Waals surface area (Å²) in [6.45, 7) is 3.82. The summed E-state index contributed by atoms with van der Waals surface area (Å²) in [7, 11) is 0. The van der Waals surface area contributed by atoms with Crippen molar-refractivity contribution in [2.45, 2.75) is 13.8 Å². The van der Waals surface area contributed by atoms with Crippen molar-refractivity contribution >= 4 is 32.6 Å². The Morgan fingerprint density at radius 3 is 2.82 bits per heavy atom. The maximum absolute atomic E-state index is 13.2. The first-order valence-electron chi connectivity index (χ1n) is 6.72. The van der Waals surface area contributed by atoms with E-state index in [9.17, 15) is 9.18 Å². The number of hydrogen-bond donors (Lipinski definition) is 2. The number of thiazole rings is 1. The lowest BCUT2D eigenvalue weighted by Crippen LogP contribution is -2.29. The molecule has 1 aromatic heterocycles. The smallest absolute Gasteiger partial charge is 0.269 e. The minimum atomic E-state index is -0.304. The van der Waals surface area contributed by atoms with Gasteiger partial charge in [-0.3, -0.25) is 15.6 Å². The molecule has 0 atom stereocenters. The van der Waals surface area contributed by atoms with Gasteiger partial charge in [0.15, 0.2) is 0 Å². The Bertz CT molecular complexity index is 860. The Morgan fingerprint density at radius 2 is 2.00 bits per heavy atom. The largest absolute Gasteiger partial charge is 0.273 e. The molecule has 1 amide bonds. The number of benzene rings is 2. The van der Waals surface area contributed by atoms with Crippen LogP contribution in [-0.4, -0.2) is 10.9 Å². The lowest BCUT2D eigenvalue weighted by Gasteiger charge is -2.08. The van der Waals surface area contributed by atoms with E-state index in [4.69, 9.17) is 0 Å². The molecule has 2 N–H and O–H groups in total. The van der Waals surface area contributed by atoms with Crippen LogP contribution in [0.5, 0.6) is 0 Å². The van der Waals surface area contributed by atoms with Crippen LogP contribution in [0.15, 0.2) is 36.4 Å². The predicted octanol–water partition coefficient (Wildman–Crippen LogP) is 3.81. The average Bonchev–Trinajstić information content (AvgIpc) is 2.89. The van der Waals surface area contributed by atoms with Gasteiger partial charge in [-0.1, -0.05) is 29.0 Å². The zero-order valence-electron chi connectivity index (χ0n) is 12.1. The third-order valence-electron chi connectivity index (χ3n) is 3.27. The Kier molecular flexibility index (Phi) is 3.77. The van der Waals surface area contributed by atoms with Crippen LogP contribution in [0.25, 0.3) is 10.2 Å². The van der Waals surface area contributed by atoms with Gasteiger partial charge in [0.05, 0.1) is 10.2 Å². The van der Waals surface area contributed by atoms with Crippen LogP contribution in [-0.2, 0) is 0 Å². The molecule has 0 aliphatic rings. The number of anilines is 1. The van der Waals surface area contributed by atoms with Crippen LogP contribution < -0.4 is 10.9 Å². The van der Waals surface area contributed by atoms with Gasteiger partial charge in [0.2, 0.25) is 5.13 Å². The molecular weight excluding hydrogens is 301 g/mol. The van der Waals surface area contributed by atoms with Crippen molar-refractivity contribution in [3.8, 4) is 0 Å². The van der Waals surface area contributed by atoms with Crippen molar-refractivity contribution in [1.82, 2.24) is 10.4 Å². The van der Waals surface area contributed by atoms with Gasteiger partial charge in [-0.15, -0.1) is 0 Å².